The predicted octanol–water partition coefficient (Wildman–Crippen LogP) is -0.453. The van der Waals surface area contributed by atoms with E-state index < -0.39 is 62.8 Å². The first-order chi connectivity index (χ1) is 14.1. The molecular weight excluding hydrogens is 432 g/mol. The van der Waals surface area contributed by atoms with E-state index in [4.69, 9.17) is 4.74 Å². The number of fused-ring (bicyclic) bond motifs is 1. The number of imide groups is 1. The molecule has 12 nitrogen and oxygen atoms in total. The molecule has 5 fully saturated rings. The van der Waals surface area contributed by atoms with Gasteiger partial charge in [-0.2, -0.15) is 0 Å². The Hall–Kier alpha value is -2.41. The fourth-order valence-electron chi connectivity index (χ4n) is 5.38. The molecule has 3 saturated carbocycles. The maximum atomic E-state index is 13.3. The Balaban J connectivity index is 1.56. The van der Waals surface area contributed by atoms with Crippen molar-refractivity contribution in [3.63, 3.8) is 0 Å². The Kier molecular flexibility index (Phi) is 4.44. The zero-order valence-electron chi connectivity index (χ0n) is 17.7. The molecule has 3 aliphatic carbocycles. The van der Waals surface area contributed by atoms with Gasteiger partial charge in [0.15, 0.2) is 6.04 Å². The lowest BCUT2D eigenvalue weighted by Crippen LogP contribution is -2.84. The summed E-state index contributed by atoms with van der Waals surface area (Å²) in [4.78, 5) is 54.2. The summed E-state index contributed by atoms with van der Waals surface area (Å²) in [7, 11) is -3.44. The monoisotopic (exact) mass is 458 g/mol. The van der Waals surface area contributed by atoms with Gasteiger partial charge in [0.1, 0.15) is 11.6 Å². The van der Waals surface area contributed by atoms with Gasteiger partial charge in [-0.15, -0.1) is 0 Å². The van der Waals surface area contributed by atoms with Crippen LogP contribution in [0.15, 0.2) is 0 Å². The van der Waals surface area contributed by atoms with Crippen molar-refractivity contribution in [2.24, 2.45) is 0 Å². The Bertz CT molecular complexity index is 967. The van der Waals surface area contributed by atoms with Gasteiger partial charge in [0.25, 0.3) is 5.91 Å². The van der Waals surface area contributed by atoms with E-state index in [2.05, 4.69) is 4.72 Å². The van der Waals surface area contributed by atoms with Crippen molar-refractivity contribution in [2.45, 2.75) is 68.8 Å². The maximum absolute atomic E-state index is 13.3. The number of ether oxygens (including phenoxy) is 1. The molecule has 0 spiro atoms. The van der Waals surface area contributed by atoms with E-state index in [0.29, 0.717) is 19.3 Å². The highest BCUT2D eigenvalue weighted by atomic mass is 32.2. The van der Waals surface area contributed by atoms with Crippen molar-refractivity contribution < 1.29 is 37.4 Å². The third-order valence-corrected chi connectivity index (χ3v) is 7.03. The number of aliphatic carboxylic acids is 1. The van der Waals surface area contributed by atoms with Crippen LogP contribution < -0.4 is 4.72 Å². The molecule has 31 heavy (non-hydrogen) atoms. The number of rotatable bonds is 4. The van der Waals surface area contributed by atoms with Crippen LogP contribution in [0.1, 0.15) is 40.0 Å². The smallest absolute Gasteiger partial charge is 0.411 e. The van der Waals surface area contributed by atoms with Gasteiger partial charge >= 0.3 is 18.1 Å². The Labute approximate surface area is 179 Å². The van der Waals surface area contributed by atoms with Gasteiger partial charge in [-0.05, 0) is 40.0 Å². The first-order valence-corrected chi connectivity index (χ1v) is 11.8. The van der Waals surface area contributed by atoms with Crippen LogP contribution in [-0.2, 0) is 24.3 Å². The minimum Gasteiger partial charge on any atom is -0.480 e. The lowest BCUT2D eigenvalue weighted by molar-refractivity contribution is -0.169. The van der Waals surface area contributed by atoms with Gasteiger partial charge in [0.2, 0.25) is 10.0 Å². The highest BCUT2D eigenvalue weighted by Gasteiger charge is 2.76. The third-order valence-electron chi connectivity index (χ3n) is 6.22. The number of carbonyl (C=O) groups is 4. The summed E-state index contributed by atoms with van der Waals surface area (Å²) in [5, 5.41) is 9.81. The zero-order valence-corrected chi connectivity index (χ0v) is 18.6. The number of carboxylic acid groups (broad SMARTS) is 1. The molecule has 0 aromatic rings. The fraction of sp³-hybridized carbons (Fsp3) is 0.778. The van der Waals surface area contributed by atoms with Crippen LogP contribution in [-0.4, -0.2) is 100 Å². The summed E-state index contributed by atoms with van der Waals surface area (Å²) in [6, 6.07) is -3.52. The van der Waals surface area contributed by atoms with Gasteiger partial charge in [0, 0.05) is 18.6 Å². The van der Waals surface area contributed by atoms with E-state index in [1.54, 1.807) is 20.8 Å². The molecule has 4 amide bonds. The number of sulfonamides is 1. The van der Waals surface area contributed by atoms with E-state index in [-0.39, 0.29) is 13.1 Å². The van der Waals surface area contributed by atoms with Crippen LogP contribution in [0.3, 0.4) is 0 Å². The van der Waals surface area contributed by atoms with Crippen LogP contribution in [0.25, 0.3) is 0 Å². The number of amides is 4. The molecule has 0 aromatic heterocycles. The Morgan fingerprint density at radius 3 is 2.23 bits per heavy atom. The number of hydrogen-bond donors (Lipinski definition) is 2. The first-order valence-electron chi connectivity index (χ1n) is 9.94. The second-order valence-electron chi connectivity index (χ2n) is 9.96. The van der Waals surface area contributed by atoms with Gasteiger partial charge in [0.05, 0.1) is 11.8 Å². The summed E-state index contributed by atoms with van der Waals surface area (Å²) in [6.45, 7) is 4.85. The van der Waals surface area contributed by atoms with Crippen LogP contribution in [0.4, 0.5) is 9.59 Å². The minimum absolute atomic E-state index is 0.00241. The molecule has 0 radical (unpaired) electrons. The molecule has 13 heteroatoms. The average molecular weight is 458 g/mol. The molecule has 2 N–H and O–H groups in total. The standard InChI is InChI=1S/C18H26N4O8S/c1-16(2,3)30-15(27)21-6-5-20-10(11(21)13(24)25)12(23)22(14(20)26)18-7-17(8-18,9-18)19-31(4,28)29/h10-11,19H,5-9H2,1-4H3,(H,24,25)/t10-,11-,17?,18?/m0/s1. The van der Waals surface area contributed by atoms with Gasteiger partial charge < -0.3 is 14.7 Å². The lowest BCUT2D eigenvalue weighted by Gasteiger charge is -2.71. The largest absolute Gasteiger partial charge is 0.480 e. The molecule has 5 rings (SSSR count). The summed E-state index contributed by atoms with van der Waals surface area (Å²) < 4.78 is 31.0. The normalized spacial score (nSPS) is 34.8. The number of hydrogen-bond acceptors (Lipinski definition) is 7. The second-order valence-corrected chi connectivity index (χ2v) is 11.7. The molecule has 5 aliphatic rings. The van der Waals surface area contributed by atoms with Crippen molar-refractivity contribution >= 4 is 34.0 Å². The zero-order chi connectivity index (χ0) is 23.1. The summed E-state index contributed by atoms with van der Waals surface area (Å²) >= 11 is 0. The van der Waals surface area contributed by atoms with E-state index in [9.17, 15) is 32.7 Å². The SMILES string of the molecule is CC(C)(C)OC(=O)N1CCN2C(=O)N(C34CC(NS(C)(=O)=O)(C3)C4)C(=O)[C@@H]2[C@H]1C(=O)O. The number of piperazine rings is 1. The third kappa shape index (κ3) is 3.34. The number of nitrogens with zero attached hydrogens (tertiary/aromatic N) is 3. The van der Waals surface area contributed by atoms with Gasteiger partial charge in [-0.3, -0.25) is 14.6 Å². The molecule has 2 heterocycles. The Morgan fingerprint density at radius 1 is 1.16 bits per heavy atom. The fourth-order valence-corrected chi connectivity index (χ4v) is 6.38. The van der Waals surface area contributed by atoms with Crippen LogP contribution in [0.2, 0.25) is 0 Å². The molecule has 172 valence electrons. The van der Waals surface area contributed by atoms with E-state index in [1.165, 1.54) is 4.90 Å². The van der Waals surface area contributed by atoms with E-state index in [0.717, 1.165) is 16.1 Å². The summed E-state index contributed by atoms with van der Waals surface area (Å²) in [5.41, 5.74) is -2.33. The molecular formula is C18H26N4O8S. The van der Waals surface area contributed by atoms with Crippen molar-refractivity contribution in [3.8, 4) is 0 Å². The highest BCUT2D eigenvalue weighted by molar-refractivity contribution is 7.88. The number of carbonyl (C=O) groups excluding carboxylic acids is 3. The van der Waals surface area contributed by atoms with Crippen LogP contribution >= 0.6 is 0 Å². The van der Waals surface area contributed by atoms with Crippen molar-refractivity contribution in [3.05, 3.63) is 0 Å². The van der Waals surface area contributed by atoms with Crippen molar-refractivity contribution in [1.82, 2.24) is 19.4 Å². The van der Waals surface area contributed by atoms with E-state index in [1.807, 2.05) is 0 Å². The second kappa shape index (κ2) is 6.31. The average Bonchev–Trinajstić information content (AvgIpc) is 2.78. The topological polar surface area (TPSA) is 154 Å². The van der Waals surface area contributed by atoms with Crippen LogP contribution in [0, 0.1) is 0 Å². The van der Waals surface area contributed by atoms with Crippen molar-refractivity contribution in [2.75, 3.05) is 19.3 Å². The summed E-state index contributed by atoms with van der Waals surface area (Å²) in [5.74, 6) is -2.09. The molecule has 2 aliphatic heterocycles. The predicted molar refractivity (Wildman–Crippen MR) is 104 cm³/mol. The minimum atomic E-state index is -3.44. The first kappa shape index (κ1) is 21.8. The van der Waals surface area contributed by atoms with Crippen LogP contribution in [0.5, 0.6) is 0 Å². The number of carboxylic acids is 1. The van der Waals surface area contributed by atoms with Gasteiger partial charge in [-0.25, -0.2) is 27.5 Å². The quantitative estimate of drug-likeness (QED) is 0.537. The maximum Gasteiger partial charge on any atom is 0.411 e. The van der Waals surface area contributed by atoms with E-state index >= 15 is 0 Å². The van der Waals surface area contributed by atoms with Crippen molar-refractivity contribution in [1.29, 1.82) is 0 Å². The molecule has 0 unspecified atom stereocenters. The molecule has 0 aromatic carbocycles. The summed E-state index contributed by atoms with van der Waals surface area (Å²) in [6.07, 6.45) is 1.06. The Morgan fingerprint density at radius 2 is 1.74 bits per heavy atom. The lowest BCUT2D eigenvalue weighted by atomic mass is 9.44. The molecule has 2 saturated heterocycles. The van der Waals surface area contributed by atoms with Gasteiger partial charge in [-0.1, -0.05) is 0 Å². The number of urea groups is 1. The molecule has 2 bridgehead atoms. The highest BCUT2D eigenvalue weighted by Crippen LogP contribution is 2.64. The molecule has 2 atom stereocenters. The number of nitrogens with one attached hydrogen (secondary N) is 1.